The fraction of sp³-hybridized carbons (Fsp3) is 0.176. The van der Waals surface area contributed by atoms with E-state index in [1.807, 2.05) is 50.2 Å². The van der Waals surface area contributed by atoms with Gasteiger partial charge in [0.25, 0.3) is 5.91 Å². The minimum absolute atomic E-state index is 0.0772. The highest BCUT2D eigenvalue weighted by Gasteiger charge is 2.03. The third kappa shape index (κ3) is 4.70. The van der Waals surface area contributed by atoms with Crippen LogP contribution < -0.4 is 10.2 Å². The topological polar surface area (TPSA) is 50.7 Å². The molecule has 0 fully saturated rings. The summed E-state index contributed by atoms with van der Waals surface area (Å²) in [6.45, 7) is 3.87. The van der Waals surface area contributed by atoms with E-state index in [4.69, 9.17) is 4.74 Å². The maximum atomic E-state index is 11.7. The number of halogens is 1. The van der Waals surface area contributed by atoms with Crippen LogP contribution in [0.4, 0.5) is 0 Å². The van der Waals surface area contributed by atoms with Crippen LogP contribution in [0, 0.1) is 13.8 Å². The molecule has 0 radical (unpaired) electrons. The third-order valence-corrected chi connectivity index (χ3v) is 3.97. The van der Waals surface area contributed by atoms with Gasteiger partial charge in [-0.3, -0.25) is 4.79 Å². The van der Waals surface area contributed by atoms with Gasteiger partial charge in [-0.05, 0) is 48.7 Å². The normalized spacial score (nSPS) is 10.7. The SMILES string of the molecule is Cc1cc(OCC(=O)NN=Cc2ccccc2C)ccc1Br. The van der Waals surface area contributed by atoms with E-state index in [-0.39, 0.29) is 12.5 Å². The Morgan fingerprint density at radius 3 is 2.73 bits per heavy atom. The number of carbonyl (C=O) groups is 1. The summed E-state index contributed by atoms with van der Waals surface area (Å²) in [7, 11) is 0. The Balaban J connectivity index is 1.83. The van der Waals surface area contributed by atoms with Gasteiger partial charge < -0.3 is 4.74 Å². The molecular formula is C17H17BrN2O2. The van der Waals surface area contributed by atoms with Crippen LogP contribution in [0.15, 0.2) is 52.0 Å². The van der Waals surface area contributed by atoms with Crippen molar-refractivity contribution in [2.75, 3.05) is 6.61 Å². The van der Waals surface area contributed by atoms with Gasteiger partial charge in [0.05, 0.1) is 6.21 Å². The number of rotatable bonds is 5. The van der Waals surface area contributed by atoms with Gasteiger partial charge in [-0.1, -0.05) is 40.2 Å². The lowest BCUT2D eigenvalue weighted by molar-refractivity contribution is -0.123. The quantitative estimate of drug-likeness (QED) is 0.654. The highest BCUT2D eigenvalue weighted by Crippen LogP contribution is 2.21. The standard InChI is InChI=1S/C17H17BrN2O2/c1-12-5-3-4-6-14(12)10-19-20-17(21)11-22-15-7-8-16(18)13(2)9-15/h3-10H,11H2,1-2H3,(H,20,21). The lowest BCUT2D eigenvalue weighted by atomic mass is 10.1. The molecule has 0 unspecified atom stereocenters. The Bertz CT molecular complexity index is 699. The highest BCUT2D eigenvalue weighted by atomic mass is 79.9. The molecular weight excluding hydrogens is 344 g/mol. The maximum absolute atomic E-state index is 11.7. The molecule has 0 saturated heterocycles. The van der Waals surface area contributed by atoms with Crippen molar-refractivity contribution in [3.05, 3.63) is 63.6 Å². The number of hydrazone groups is 1. The zero-order chi connectivity index (χ0) is 15.9. The van der Waals surface area contributed by atoms with Gasteiger partial charge in [-0.25, -0.2) is 5.43 Å². The van der Waals surface area contributed by atoms with Crippen molar-refractivity contribution in [1.82, 2.24) is 5.43 Å². The highest BCUT2D eigenvalue weighted by molar-refractivity contribution is 9.10. The summed E-state index contributed by atoms with van der Waals surface area (Å²) in [6, 6.07) is 13.4. The van der Waals surface area contributed by atoms with E-state index in [0.29, 0.717) is 5.75 Å². The van der Waals surface area contributed by atoms with E-state index in [1.165, 1.54) is 0 Å². The van der Waals surface area contributed by atoms with Crippen LogP contribution in [0.2, 0.25) is 0 Å². The summed E-state index contributed by atoms with van der Waals surface area (Å²) in [6.07, 6.45) is 1.62. The maximum Gasteiger partial charge on any atom is 0.277 e. The first-order valence-corrected chi connectivity index (χ1v) is 7.62. The molecule has 0 aromatic heterocycles. The molecule has 2 aromatic rings. The molecule has 1 amide bonds. The predicted molar refractivity (Wildman–Crippen MR) is 91.3 cm³/mol. The first kappa shape index (κ1) is 16.2. The zero-order valence-corrected chi connectivity index (χ0v) is 14.1. The van der Waals surface area contributed by atoms with E-state index in [0.717, 1.165) is 21.2 Å². The minimum atomic E-state index is -0.301. The van der Waals surface area contributed by atoms with Gasteiger partial charge >= 0.3 is 0 Å². The van der Waals surface area contributed by atoms with Gasteiger partial charge in [0.15, 0.2) is 6.61 Å². The Kier molecular flexibility index (Phi) is 5.72. The Hall–Kier alpha value is -2.14. The van der Waals surface area contributed by atoms with Gasteiger partial charge in [-0.15, -0.1) is 0 Å². The Morgan fingerprint density at radius 1 is 1.23 bits per heavy atom. The van der Waals surface area contributed by atoms with E-state index >= 15 is 0 Å². The zero-order valence-electron chi connectivity index (χ0n) is 12.5. The van der Waals surface area contributed by atoms with Gasteiger partial charge in [0, 0.05) is 4.47 Å². The number of ether oxygens (including phenoxy) is 1. The predicted octanol–water partition coefficient (Wildman–Crippen LogP) is 3.60. The summed E-state index contributed by atoms with van der Waals surface area (Å²) in [5.41, 5.74) is 5.57. The molecule has 0 spiro atoms. The van der Waals surface area contributed by atoms with E-state index in [1.54, 1.807) is 12.3 Å². The van der Waals surface area contributed by atoms with Crippen molar-refractivity contribution in [3.63, 3.8) is 0 Å². The van der Waals surface area contributed by atoms with Crippen molar-refractivity contribution in [1.29, 1.82) is 0 Å². The van der Waals surface area contributed by atoms with Gasteiger partial charge in [0.1, 0.15) is 5.75 Å². The Labute approximate surface area is 138 Å². The van der Waals surface area contributed by atoms with Gasteiger partial charge in [0.2, 0.25) is 0 Å². The summed E-state index contributed by atoms with van der Waals surface area (Å²) in [5, 5.41) is 3.93. The molecule has 0 saturated carbocycles. The number of hydrogen-bond acceptors (Lipinski definition) is 3. The lowest BCUT2D eigenvalue weighted by Crippen LogP contribution is -2.24. The third-order valence-electron chi connectivity index (χ3n) is 3.08. The smallest absolute Gasteiger partial charge is 0.277 e. The molecule has 1 N–H and O–H groups in total. The number of amides is 1. The molecule has 22 heavy (non-hydrogen) atoms. The molecule has 4 nitrogen and oxygen atoms in total. The van der Waals surface area contributed by atoms with E-state index in [2.05, 4.69) is 26.5 Å². The molecule has 2 rings (SSSR count). The van der Waals surface area contributed by atoms with Crippen LogP contribution in [0.5, 0.6) is 5.75 Å². The van der Waals surface area contributed by atoms with Crippen molar-refractivity contribution < 1.29 is 9.53 Å². The number of hydrogen-bond donors (Lipinski definition) is 1. The first-order chi connectivity index (χ1) is 10.6. The number of nitrogens with zero attached hydrogens (tertiary/aromatic N) is 1. The van der Waals surface area contributed by atoms with Crippen LogP contribution in [0.1, 0.15) is 16.7 Å². The van der Waals surface area contributed by atoms with Crippen LogP contribution in [-0.4, -0.2) is 18.7 Å². The van der Waals surface area contributed by atoms with Crippen molar-refractivity contribution in [2.45, 2.75) is 13.8 Å². The second kappa shape index (κ2) is 7.75. The summed E-state index contributed by atoms with van der Waals surface area (Å²) < 4.78 is 6.43. The first-order valence-electron chi connectivity index (χ1n) is 6.83. The van der Waals surface area contributed by atoms with Crippen molar-refractivity contribution in [3.8, 4) is 5.75 Å². The lowest BCUT2D eigenvalue weighted by Gasteiger charge is -2.06. The number of carbonyl (C=O) groups excluding carboxylic acids is 1. The van der Waals surface area contributed by atoms with Crippen LogP contribution in [0.25, 0.3) is 0 Å². The Morgan fingerprint density at radius 2 is 2.00 bits per heavy atom. The van der Waals surface area contributed by atoms with E-state index in [9.17, 15) is 4.79 Å². The van der Waals surface area contributed by atoms with Crippen LogP contribution in [0.3, 0.4) is 0 Å². The molecule has 0 bridgehead atoms. The molecule has 0 atom stereocenters. The molecule has 0 aliphatic rings. The summed E-state index contributed by atoms with van der Waals surface area (Å²) in [4.78, 5) is 11.7. The molecule has 0 aliphatic heterocycles. The number of benzene rings is 2. The average molecular weight is 361 g/mol. The largest absolute Gasteiger partial charge is 0.484 e. The summed E-state index contributed by atoms with van der Waals surface area (Å²) in [5.74, 6) is 0.351. The molecule has 2 aromatic carbocycles. The minimum Gasteiger partial charge on any atom is -0.484 e. The average Bonchev–Trinajstić information content (AvgIpc) is 2.50. The second-order valence-corrected chi connectivity index (χ2v) is 5.70. The van der Waals surface area contributed by atoms with Crippen molar-refractivity contribution >= 4 is 28.1 Å². The number of nitrogens with one attached hydrogen (secondary N) is 1. The van der Waals surface area contributed by atoms with Gasteiger partial charge in [-0.2, -0.15) is 5.10 Å². The van der Waals surface area contributed by atoms with Crippen LogP contribution in [-0.2, 0) is 4.79 Å². The molecule has 0 heterocycles. The fourth-order valence-electron chi connectivity index (χ4n) is 1.79. The van der Waals surface area contributed by atoms with Crippen LogP contribution >= 0.6 is 15.9 Å². The monoisotopic (exact) mass is 360 g/mol. The second-order valence-electron chi connectivity index (χ2n) is 4.85. The fourth-order valence-corrected chi connectivity index (χ4v) is 2.04. The molecule has 5 heteroatoms. The van der Waals surface area contributed by atoms with E-state index < -0.39 is 0 Å². The molecule has 0 aliphatic carbocycles. The number of aryl methyl sites for hydroxylation is 2. The van der Waals surface area contributed by atoms with Crippen molar-refractivity contribution in [2.24, 2.45) is 5.10 Å². The molecule has 114 valence electrons. The summed E-state index contributed by atoms with van der Waals surface area (Å²) >= 11 is 3.42.